The third-order valence-electron chi connectivity index (χ3n) is 4.49. The Labute approximate surface area is 124 Å². The molecule has 0 saturated heterocycles. The molecule has 0 atom stereocenters. The maximum absolute atomic E-state index is 12.4. The van der Waals surface area contributed by atoms with Crippen molar-refractivity contribution in [2.75, 3.05) is 5.32 Å². The first-order valence-corrected chi connectivity index (χ1v) is 8.03. The Kier molecular flexibility index (Phi) is 4.01. The van der Waals surface area contributed by atoms with Crippen molar-refractivity contribution < 1.29 is 0 Å². The SMILES string of the molecule is CC1CCC(Nc2c(Cl)cnn(CC3CC3)c2=O)CC1. The van der Waals surface area contributed by atoms with Crippen LogP contribution >= 0.6 is 11.6 Å². The first-order chi connectivity index (χ1) is 9.63. The van der Waals surface area contributed by atoms with E-state index in [1.54, 1.807) is 10.9 Å². The van der Waals surface area contributed by atoms with E-state index < -0.39 is 0 Å². The van der Waals surface area contributed by atoms with Crippen LogP contribution in [0.4, 0.5) is 5.69 Å². The zero-order chi connectivity index (χ0) is 14.1. The normalized spacial score (nSPS) is 26.5. The van der Waals surface area contributed by atoms with Gasteiger partial charge in [0.15, 0.2) is 0 Å². The Bertz CT molecular complexity index is 530. The predicted octanol–water partition coefficient (Wildman–Crippen LogP) is 3.30. The van der Waals surface area contributed by atoms with E-state index in [2.05, 4.69) is 17.3 Å². The van der Waals surface area contributed by atoms with Gasteiger partial charge in [0.1, 0.15) is 5.69 Å². The minimum atomic E-state index is -0.0666. The summed E-state index contributed by atoms with van der Waals surface area (Å²) >= 11 is 6.16. The van der Waals surface area contributed by atoms with Crippen molar-refractivity contribution >= 4 is 17.3 Å². The molecule has 0 radical (unpaired) electrons. The van der Waals surface area contributed by atoms with Gasteiger partial charge in [0.25, 0.3) is 5.56 Å². The number of halogens is 1. The molecule has 1 heterocycles. The van der Waals surface area contributed by atoms with Crippen LogP contribution in [0.2, 0.25) is 5.02 Å². The predicted molar refractivity (Wildman–Crippen MR) is 81.3 cm³/mol. The standard InChI is InChI=1S/C15H22ClN3O/c1-10-2-6-12(7-3-10)18-14-13(16)8-17-19(15(14)20)9-11-4-5-11/h8,10-12,18H,2-7,9H2,1H3. The lowest BCUT2D eigenvalue weighted by atomic mass is 9.87. The molecule has 2 aliphatic carbocycles. The van der Waals surface area contributed by atoms with E-state index in [1.807, 2.05) is 0 Å². The van der Waals surface area contributed by atoms with Crippen molar-refractivity contribution in [1.82, 2.24) is 9.78 Å². The van der Waals surface area contributed by atoms with Crippen LogP contribution in [0.1, 0.15) is 45.4 Å². The van der Waals surface area contributed by atoms with E-state index in [4.69, 9.17) is 11.6 Å². The number of rotatable bonds is 4. The number of nitrogens with one attached hydrogen (secondary N) is 1. The molecule has 2 saturated carbocycles. The third-order valence-corrected chi connectivity index (χ3v) is 4.78. The monoisotopic (exact) mass is 295 g/mol. The molecule has 1 aromatic rings. The van der Waals surface area contributed by atoms with E-state index in [9.17, 15) is 4.79 Å². The molecule has 3 rings (SSSR count). The molecule has 0 spiro atoms. The van der Waals surface area contributed by atoms with Crippen LogP contribution in [0.3, 0.4) is 0 Å². The molecule has 0 unspecified atom stereocenters. The summed E-state index contributed by atoms with van der Waals surface area (Å²) in [6, 6.07) is 0.369. The quantitative estimate of drug-likeness (QED) is 0.927. The smallest absolute Gasteiger partial charge is 0.291 e. The van der Waals surface area contributed by atoms with Gasteiger partial charge in [-0.05, 0) is 50.4 Å². The lowest BCUT2D eigenvalue weighted by Crippen LogP contribution is -2.32. The number of nitrogens with zero attached hydrogens (tertiary/aromatic N) is 2. The summed E-state index contributed by atoms with van der Waals surface area (Å²) in [5.41, 5.74) is 0.477. The second kappa shape index (κ2) is 5.76. The minimum Gasteiger partial charge on any atom is -0.377 e. The van der Waals surface area contributed by atoms with Gasteiger partial charge in [-0.15, -0.1) is 0 Å². The van der Waals surface area contributed by atoms with Gasteiger partial charge in [-0.2, -0.15) is 5.10 Å². The van der Waals surface area contributed by atoms with E-state index in [1.165, 1.54) is 25.7 Å². The van der Waals surface area contributed by atoms with E-state index in [0.717, 1.165) is 25.3 Å². The van der Waals surface area contributed by atoms with E-state index in [0.29, 0.717) is 22.7 Å². The van der Waals surface area contributed by atoms with Gasteiger partial charge >= 0.3 is 0 Å². The molecule has 2 fully saturated rings. The first kappa shape index (κ1) is 13.9. The summed E-state index contributed by atoms with van der Waals surface area (Å²) in [6.07, 6.45) is 8.68. The molecule has 0 amide bonds. The Hall–Kier alpha value is -1.03. The van der Waals surface area contributed by atoms with Crippen LogP contribution in [0, 0.1) is 11.8 Å². The summed E-state index contributed by atoms with van der Waals surface area (Å²) in [7, 11) is 0. The Balaban J connectivity index is 1.75. The molecule has 5 heteroatoms. The second-order valence-corrected chi connectivity index (χ2v) is 6.81. The fraction of sp³-hybridized carbons (Fsp3) is 0.733. The van der Waals surface area contributed by atoms with Crippen molar-refractivity contribution in [1.29, 1.82) is 0 Å². The minimum absolute atomic E-state index is 0.0666. The Morgan fingerprint density at radius 2 is 2.00 bits per heavy atom. The fourth-order valence-electron chi connectivity index (χ4n) is 2.88. The van der Waals surface area contributed by atoms with Crippen LogP contribution in [0.25, 0.3) is 0 Å². The fourth-order valence-corrected chi connectivity index (χ4v) is 3.06. The molecule has 2 aliphatic rings. The second-order valence-electron chi connectivity index (χ2n) is 6.40. The molecule has 1 aromatic heterocycles. The highest BCUT2D eigenvalue weighted by Gasteiger charge is 2.25. The molecule has 20 heavy (non-hydrogen) atoms. The molecule has 4 nitrogen and oxygen atoms in total. The van der Waals surface area contributed by atoms with Crippen LogP contribution in [0.5, 0.6) is 0 Å². The maximum atomic E-state index is 12.4. The van der Waals surface area contributed by atoms with Gasteiger partial charge in [0, 0.05) is 12.6 Å². The van der Waals surface area contributed by atoms with Gasteiger partial charge in [-0.3, -0.25) is 4.79 Å². The van der Waals surface area contributed by atoms with Crippen molar-refractivity contribution in [3.05, 3.63) is 21.6 Å². The van der Waals surface area contributed by atoms with E-state index in [-0.39, 0.29) is 5.56 Å². The van der Waals surface area contributed by atoms with Gasteiger partial charge in [0.05, 0.1) is 11.2 Å². The molecule has 0 aliphatic heterocycles. The van der Waals surface area contributed by atoms with E-state index >= 15 is 0 Å². The Morgan fingerprint density at radius 3 is 2.65 bits per heavy atom. The summed E-state index contributed by atoms with van der Waals surface area (Å²) in [5.74, 6) is 1.43. The lowest BCUT2D eigenvalue weighted by Gasteiger charge is -2.27. The molecular weight excluding hydrogens is 274 g/mol. The number of hydrogen-bond donors (Lipinski definition) is 1. The topological polar surface area (TPSA) is 46.9 Å². The first-order valence-electron chi connectivity index (χ1n) is 7.65. The molecule has 1 N–H and O–H groups in total. The van der Waals surface area contributed by atoms with Crippen LogP contribution in [0.15, 0.2) is 11.0 Å². The zero-order valence-electron chi connectivity index (χ0n) is 11.9. The highest BCUT2D eigenvalue weighted by atomic mass is 35.5. The lowest BCUT2D eigenvalue weighted by molar-refractivity contribution is 0.361. The van der Waals surface area contributed by atoms with Crippen molar-refractivity contribution in [3.8, 4) is 0 Å². The average molecular weight is 296 g/mol. The molecule has 110 valence electrons. The molecule has 0 aromatic carbocycles. The summed E-state index contributed by atoms with van der Waals surface area (Å²) in [6.45, 7) is 3.02. The summed E-state index contributed by atoms with van der Waals surface area (Å²) in [4.78, 5) is 12.4. The van der Waals surface area contributed by atoms with Gasteiger partial charge in [-0.25, -0.2) is 4.68 Å². The van der Waals surface area contributed by atoms with Crippen molar-refractivity contribution in [2.24, 2.45) is 11.8 Å². The third kappa shape index (κ3) is 3.17. The summed E-state index contributed by atoms with van der Waals surface area (Å²) < 4.78 is 1.57. The number of hydrogen-bond acceptors (Lipinski definition) is 3. The van der Waals surface area contributed by atoms with Crippen LogP contribution < -0.4 is 10.9 Å². The van der Waals surface area contributed by atoms with Gasteiger partial charge < -0.3 is 5.32 Å². The largest absolute Gasteiger partial charge is 0.377 e. The maximum Gasteiger partial charge on any atom is 0.291 e. The molecular formula is C15H22ClN3O. The van der Waals surface area contributed by atoms with Crippen molar-refractivity contribution in [3.63, 3.8) is 0 Å². The average Bonchev–Trinajstić information content (AvgIpc) is 3.24. The van der Waals surface area contributed by atoms with Gasteiger partial charge in [-0.1, -0.05) is 18.5 Å². The zero-order valence-corrected chi connectivity index (χ0v) is 12.7. The van der Waals surface area contributed by atoms with Crippen LogP contribution in [-0.2, 0) is 6.54 Å². The van der Waals surface area contributed by atoms with Crippen molar-refractivity contribution in [2.45, 2.75) is 58.0 Å². The van der Waals surface area contributed by atoms with Crippen LogP contribution in [-0.4, -0.2) is 15.8 Å². The summed E-state index contributed by atoms with van der Waals surface area (Å²) in [5, 5.41) is 7.97. The Morgan fingerprint density at radius 1 is 1.30 bits per heavy atom. The highest BCUT2D eigenvalue weighted by Crippen LogP contribution is 2.30. The number of anilines is 1. The molecule has 0 bridgehead atoms. The number of aromatic nitrogens is 2. The van der Waals surface area contributed by atoms with Gasteiger partial charge in [0.2, 0.25) is 0 Å². The highest BCUT2D eigenvalue weighted by molar-refractivity contribution is 6.33.